The summed E-state index contributed by atoms with van der Waals surface area (Å²) in [5, 5.41) is 6.04. The molecule has 146 valence electrons. The van der Waals surface area contributed by atoms with Gasteiger partial charge in [0.05, 0.1) is 21.7 Å². The average molecular weight is 474 g/mol. The summed E-state index contributed by atoms with van der Waals surface area (Å²) in [7, 11) is 1.80. The average Bonchev–Trinajstić information content (AvgIpc) is 3.01. The number of benzene rings is 3. The molecule has 1 amide bonds. The Hall–Kier alpha value is -2.90. The highest BCUT2D eigenvalue weighted by Crippen LogP contribution is 2.29. The van der Waals surface area contributed by atoms with E-state index in [1.54, 1.807) is 48.0 Å². The van der Waals surface area contributed by atoms with Crippen LogP contribution in [0.2, 0.25) is 5.02 Å². The number of imidazole rings is 1. The molecule has 0 bridgehead atoms. The Balaban J connectivity index is 1.63. The van der Waals surface area contributed by atoms with Gasteiger partial charge in [0.25, 0.3) is 5.91 Å². The van der Waals surface area contributed by atoms with E-state index in [4.69, 9.17) is 11.6 Å². The van der Waals surface area contributed by atoms with Gasteiger partial charge >= 0.3 is 0 Å². The highest BCUT2D eigenvalue weighted by atomic mass is 79.9. The lowest BCUT2D eigenvalue weighted by Crippen LogP contribution is -2.11. The quantitative estimate of drug-likeness (QED) is 0.375. The van der Waals surface area contributed by atoms with Crippen molar-refractivity contribution >= 4 is 61.8 Å². The molecule has 1 heterocycles. The first kappa shape index (κ1) is 19.4. The molecule has 5 nitrogen and oxygen atoms in total. The molecule has 4 rings (SSSR count). The van der Waals surface area contributed by atoms with E-state index in [-0.39, 0.29) is 16.6 Å². The van der Waals surface area contributed by atoms with Gasteiger partial charge in [0.2, 0.25) is 5.95 Å². The van der Waals surface area contributed by atoms with Crippen LogP contribution in [0.1, 0.15) is 10.4 Å². The van der Waals surface area contributed by atoms with E-state index < -0.39 is 5.82 Å². The van der Waals surface area contributed by atoms with Gasteiger partial charge in [-0.15, -0.1) is 0 Å². The summed E-state index contributed by atoms with van der Waals surface area (Å²) in [6, 6.07) is 17.0. The number of rotatable bonds is 4. The number of aromatic nitrogens is 2. The first-order valence-electron chi connectivity index (χ1n) is 8.67. The lowest BCUT2D eigenvalue weighted by atomic mass is 10.2. The zero-order valence-corrected chi connectivity index (χ0v) is 17.6. The van der Waals surface area contributed by atoms with Crippen LogP contribution in [0.15, 0.2) is 65.1 Å². The molecule has 0 saturated carbocycles. The van der Waals surface area contributed by atoms with E-state index in [2.05, 4.69) is 31.5 Å². The fraction of sp³-hybridized carbons (Fsp3) is 0.0476. The molecular weight excluding hydrogens is 459 g/mol. The molecule has 4 aromatic rings. The monoisotopic (exact) mass is 472 g/mol. The molecule has 0 aliphatic heterocycles. The summed E-state index contributed by atoms with van der Waals surface area (Å²) < 4.78 is 16.8. The van der Waals surface area contributed by atoms with Crippen LogP contribution in [0, 0.1) is 5.82 Å². The van der Waals surface area contributed by atoms with E-state index in [9.17, 15) is 9.18 Å². The largest absolute Gasteiger partial charge is 0.322 e. The molecule has 29 heavy (non-hydrogen) atoms. The van der Waals surface area contributed by atoms with Crippen molar-refractivity contribution in [1.82, 2.24) is 9.55 Å². The number of carbonyl (C=O) groups is 1. The van der Waals surface area contributed by atoms with E-state index in [1.807, 2.05) is 12.1 Å². The highest BCUT2D eigenvalue weighted by molar-refractivity contribution is 9.10. The second-order valence-corrected chi connectivity index (χ2v) is 7.70. The molecular formula is C21H15BrClFN4O. The van der Waals surface area contributed by atoms with Crippen molar-refractivity contribution < 1.29 is 9.18 Å². The van der Waals surface area contributed by atoms with Crippen LogP contribution in [0.3, 0.4) is 0 Å². The zero-order valence-electron chi connectivity index (χ0n) is 15.2. The Morgan fingerprint density at radius 3 is 2.62 bits per heavy atom. The molecule has 0 aliphatic rings. The van der Waals surface area contributed by atoms with Crippen LogP contribution in [0.25, 0.3) is 11.0 Å². The maximum atomic E-state index is 14.1. The summed E-state index contributed by atoms with van der Waals surface area (Å²) in [4.78, 5) is 17.1. The Morgan fingerprint density at radius 2 is 1.90 bits per heavy atom. The van der Waals surface area contributed by atoms with Gasteiger partial charge in [-0.3, -0.25) is 4.79 Å². The van der Waals surface area contributed by atoms with Gasteiger partial charge in [-0.25, -0.2) is 9.37 Å². The predicted octanol–water partition coefficient (Wildman–Crippen LogP) is 6.12. The summed E-state index contributed by atoms with van der Waals surface area (Å²) in [5.74, 6) is -0.303. The minimum absolute atomic E-state index is 0.153. The molecule has 0 aliphatic carbocycles. The lowest BCUT2D eigenvalue weighted by Gasteiger charge is -2.09. The minimum atomic E-state index is -0.473. The summed E-state index contributed by atoms with van der Waals surface area (Å²) in [6.45, 7) is 0. The topological polar surface area (TPSA) is 59.0 Å². The van der Waals surface area contributed by atoms with Gasteiger partial charge in [-0.2, -0.15) is 0 Å². The SMILES string of the molecule is Cn1c(Nc2c(F)cccc2Cl)nc2cc(C(=O)Nc3ccc(Br)cc3)ccc21. The van der Waals surface area contributed by atoms with Crippen molar-refractivity contribution in [2.45, 2.75) is 0 Å². The van der Waals surface area contributed by atoms with Crippen molar-refractivity contribution in [3.8, 4) is 0 Å². The lowest BCUT2D eigenvalue weighted by molar-refractivity contribution is 0.102. The predicted molar refractivity (Wildman–Crippen MR) is 118 cm³/mol. The second kappa shape index (κ2) is 7.85. The third-order valence-electron chi connectivity index (χ3n) is 4.44. The number of fused-ring (bicyclic) bond motifs is 1. The maximum absolute atomic E-state index is 14.1. The normalized spacial score (nSPS) is 10.9. The molecule has 3 aromatic carbocycles. The number of halogens is 3. The van der Waals surface area contributed by atoms with Crippen LogP contribution in [0.5, 0.6) is 0 Å². The van der Waals surface area contributed by atoms with Gasteiger partial charge in [0.15, 0.2) is 0 Å². The fourth-order valence-corrected chi connectivity index (χ4v) is 3.39. The number of para-hydroxylation sites is 1. The van der Waals surface area contributed by atoms with Crippen molar-refractivity contribution in [1.29, 1.82) is 0 Å². The molecule has 1 aromatic heterocycles. The number of hydrogen-bond donors (Lipinski definition) is 2. The smallest absolute Gasteiger partial charge is 0.255 e. The standard InChI is InChI=1S/C21H15BrClFN4O/c1-28-18-10-5-12(20(29)25-14-8-6-13(22)7-9-14)11-17(18)26-21(28)27-19-15(23)3-2-4-16(19)24/h2-11H,1H3,(H,25,29)(H,26,27). The van der Waals surface area contributed by atoms with Gasteiger partial charge in [0.1, 0.15) is 5.82 Å². The van der Waals surface area contributed by atoms with Crippen LogP contribution >= 0.6 is 27.5 Å². The molecule has 0 fully saturated rings. The Labute approximate surface area is 179 Å². The maximum Gasteiger partial charge on any atom is 0.255 e. The van der Waals surface area contributed by atoms with E-state index in [0.29, 0.717) is 22.7 Å². The number of nitrogens with zero attached hydrogens (tertiary/aromatic N) is 2. The molecule has 8 heteroatoms. The number of nitrogens with one attached hydrogen (secondary N) is 2. The van der Waals surface area contributed by atoms with Crippen molar-refractivity contribution in [3.63, 3.8) is 0 Å². The molecule has 0 radical (unpaired) electrons. The number of anilines is 3. The van der Waals surface area contributed by atoms with Crippen LogP contribution < -0.4 is 10.6 Å². The number of hydrogen-bond acceptors (Lipinski definition) is 3. The number of amides is 1. The first-order chi connectivity index (χ1) is 13.9. The third kappa shape index (κ3) is 3.97. The van der Waals surface area contributed by atoms with E-state index in [0.717, 1.165) is 9.99 Å². The molecule has 0 atom stereocenters. The van der Waals surface area contributed by atoms with Gasteiger partial charge < -0.3 is 15.2 Å². The Bertz CT molecular complexity index is 1200. The van der Waals surface area contributed by atoms with Gasteiger partial charge in [-0.1, -0.05) is 33.6 Å². The van der Waals surface area contributed by atoms with Gasteiger partial charge in [0, 0.05) is 22.8 Å². The molecule has 0 unspecified atom stereocenters. The summed E-state index contributed by atoms with van der Waals surface area (Å²) >= 11 is 9.45. The van der Waals surface area contributed by atoms with Crippen LogP contribution in [-0.2, 0) is 7.05 Å². The van der Waals surface area contributed by atoms with E-state index in [1.165, 1.54) is 12.1 Å². The molecule has 2 N–H and O–H groups in total. The zero-order chi connectivity index (χ0) is 20.5. The van der Waals surface area contributed by atoms with E-state index >= 15 is 0 Å². The fourth-order valence-electron chi connectivity index (χ4n) is 2.92. The summed E-state index contributed by atoms with van der Waals surface area (Å²) in [5.41, 5.74) is 2.71. The number of carbonyl (C=O) groups excluding carboxylic acids is 1. The summed E-state index contributed by atoms with van der Waals surface area (Å²) in [6.07, 6.45) is 0. The Kier molecular flexibility index (Phi) is 5.25. The third-order valence-corrected chi connectivity index (χ3v) is 5.29. The highest BCUT2D eigenvalue weighted by Gasteiger charge is 2.14. The van der Waals surface area contributed by atoms with Crippen molar-refractivity contribution in [2.75, 3.05) is 10.6 Å². The minimum Gasteiger partial charge on any atom is -0.322 e. The van der Waals surface area contributed by atoms with Crippen molar-refractivity contribution in [3.05, 3.63) is 81.5 Å². The molecule has 0 saturated heterocycles. The molecule has 0 spiro atoms. The van der Waals surface area contributed by atoms with Crippen LogP contribution in [0.4, 0.5) is 21.7 Å². The second-order valence-electron chi connectivity index (χ2n) is 6.38. The van der Waals surface area contributed by atoms with Crippen molar-refractivity contribution in [2.24, 2.45) is 7.05 Å². The first-order valence-corrected chi connectivity index (χ1v) is 9.84. The Morgan fingerprint density at radius 1 is 1.14 bits per heavy atom. The number of aryl methyl sites for hydroxylation is 1. The van der Waals surface area contributed by atoms with Crippen LogP contribution in [-0.4, -0.2) is 15.5 Å². The van der Waals surface area contributed by atoms with Gasteiger partial charge in [-0.05, 0) is 54.6 Å².